The summed E-state index contributed by atoms with van der Waals surface area (Å²) >= 11 is 3.58. The molecule has 0 fully saturated rings. The molecule has 0 unspecified atom stereocenters. The van der Waals surface area contributed by atoms with Gasteiger partial charge in [-0.25, -0.2) is 0 Å². The van der Waals surface area contributed by atoms with Gasteiger partial charge >= 0.3 is 0 Å². The Hall–Kier alpha value is -2.84. The van der Waals surface area contributed by atoms with E-state index in [4.69, 9.17) is 4.74 Å². The number of fused-ring (bicyclic) bond motifs is 2. The Morgan fingerprint density at radius 1 is 0.529 bits per heavy atom. The number of halogens is 1. The molecule has 0 aromatic heterocycles. The molecule has 1 nitrogen and oxygen atoms in total. The van der Waals surface area contributed by atoms with Crippen LogP contribution in [0.5, 0.6) is 11.5 Å². The second kappa shape index (κ2) is 11.1. The molecule has 0 heterocycles. The molecule has 0 atom stereocenters. The molecule has 2 aliphatic rings. The van der Waals surface area contributed by atoms with Crippen LogP contribution in [0.4, 0.5) is 0 Å². The van der Waals surface area contributed by atoms with E-state index in [1.807, 2.05) is 36.4 Å². The number of ether oxygens (including phenoxy) is 1. The summed E-state index contributed by atoms with van der Waals surface area (Å²) in [4.78, 5) is 0. The standard InChI is InChI=1S/C22H20O.C10H11Br/c1-2-11-19(12-3-1)23-20-13-6-10-18(16-20)22-15-7-9-17-8-4-5-14-21(17)22;11-10-7-3-5-8-4-1-2-6-9(8)10/h1-3,6-7,9-13,15-16H,4-5,8,14H2;3,5,7H,1-2,4,6H2. The van der Waals surface area contributed by atoms with E-state index in [-0.39, 0.29) is 0 Å². The predicted molar refractivity (Wildman–Crippen MR) is 146 cm³/mol. The third kappa shape index (κ3) is 5.45. The van der Waals surface area contributed by atoms with E-state index in [0.29, 0.717) is 0 Å². The average Bonchev–Trinajstić information content (AvgIpc) is 2.90. The highest BCUT2D eigenvalue weighted by Crippen LogP contribution is 2.34. The summed E-state index contributed by atoms with van der Waals surface area (Å²) in [7, 11) is 0. The monoisotopic (exact) mass is 510 g/mol. The molecule has 0 saturated carbocycles. The number of rotatable bonds is 3. The fraction of sp³-hybridized carbons (Fsp3) is 0.250. The molecule has 172 valence electrons. The second-order valence-electron chi connectivity index (χ2n) is 9.18. The van der Waals surface area contributed by atoms with E-state index < -0.39 is 0 Å². The number of hydrogen-bond donors (Lipinski definition) is 0. The molecule has 4 aromatic carbocycles. The minimum Gasteiger partial charge on any atom is -0.457 e. The van der Waals surface area contributed by atoms with Crippen LogP contribution in [0.1, 0.15) is 47.9 Å². The van der Waals surface area contributed by atoms with Crippen LogP contribution in [0.3, 0.4) is 0 Å². The van der Waals surface area contributed by atoms with Gasteiger partial charge in [-0.1, -0.05) is 76.6 Å². The summed E-state index contributed by atoms with van der Waals surface area (Å²) in [5.74, 6) is 1.77. The molecule has 0 bridgehead atoms. The maximum absolute atomic E-state index is 5.98. The number of aryl methyl sites for hydroxylation is 2. The molecular formula is C32H31BrO. The smallest absolute Gasteiger partial charge is 0.128 e. The lowest BCUT2D eigenvalue weighted by Gasteiger charge is -2.19. The highest BCUT2D eigenvalue weighted by Gasteiger charge is 2.14. The normalized spacial score (nSPS) is 14.3. The van der Waals surface area contributed by atoms with Crippen molar-refractivity contribution < 1.29 is 4.74 Å². The zero-order chi connectivity index (χ0) is 23.2. The van der Waals surface area contributed by atoms with Crippen LogP contribution in [0, 0.1) is 0 Å². The first-order valence-corrected chi connectivity index (χ1v) is 13.3. The van der Waals surface area contributed by atoms with Crippen LogP contribution in [-0.4, -0.2) is 0 Å². The Labute approximate surface area is 211 Å². The molecule has 0 saturated heterocycles. The van der Waals surface area contributed by atoms with Crippen LogP contribution < -0.4 is 4.74 Å². The van der Waals surface area contributed by atoms with Crippen molar-refractivity contribution in [3.8, 4) is 22.6 Å². The van der Waals surface area contributed by atoms with Gasteiger partial charge in [0.2, 0.25) is 0 Å². The van der Waals surface area contributed by atoms with Gasteiger partial charge in [-0.3, -0.25) is 0 Å². The fourth-order valence-electron chi connectivity index (χ4n) is 5.14. The second-order valence-corrected chi connectivity index (χ2v) is 10.0. The average molecular weight is 512 g/mol. The summed E-state index contributed by atoms with van der Waals surface area (Å²) in [6, 6.07) is 31.6. The highest BCUT2D eigenvalue weighted by atomic mass is 79.9. The third-order valence-electron chi connectivity index (χ3n) is 6.86. The highest BCUT2D eigenvalue weighted by molar-refractivity contribution is 9.10. The van der Waals surface area contributed by atoms with E-state index in [9.17, 15) is 0 Å². The quantitative estimate of drug-likeness (QED) is 0.266. The lowest BCUT2D eigenvalue weighted by molar-refractivity contribution is 0.483. The molecule has 6 rings (SSSR count). The SMILES string of the molecule is Brc1cccc2c1CCCC2.c1ccc(Oc2cccc(-c3cccc4c3CCCC4)c2)cc1. The Kier molecular flexibility index (Phi) is 7.46. The van der Waals surface area contributed by atoms with Crippen molar-refractivity contribution in [3.63, 3.8) is 0 Å². The minimum atomic E-state index is 0.875. The van der Waals surface area contributed by atoms with Crippen LogP contribution in [0.2, 0.25) is 0 Å². The zero-order valence-electron chi connectivity index (χ0n) is 19.6. The molecule has 2 aliphatic carbocycles. The summed E-state index contributed by atoms with van der Waals surface area (Å²) in [6.07, 6.45) is 10.3. The van der Waals surface area contributed by atoms with E-state index in [1.165, 1.54) is 78.1 Å². The van der Waals surface area contributed by atoms with Crippen molar-refractivity contribution in [2.45, 2.75) is 51.4 Å². The Morgan fingerprint density at radius 3 is 1.91 bits per heavy atom. The van der Waals surface area contributed by atoms with Gasteiger partial charge in [-0.05, 0) is 115 Å². The van der Waals surface area contributed by atoms with Gasteiger partial charge in [0, 0.05) is 4.47 Å². The Balaban J connectivity index is 0.000000183. The van der Waals surface area contributed by atoms with Gasteiger partial charge in [0.1, 0.15) is 11.5 Å². The minimum absolute atomic E-state index is 0.875. The number of para-hydroxylation sites is 1. The first-order chi connectivity index (χ1) is 16.8. The van der Waals surface area contributed by atoms with Crippen molar-refractivity contribution in [1.82, 2.24) is 0 Å². The van der Waals surface area contributed by atoms with Gasteiger partial charge in [0.25, 0.3) is 0 Å². The first kappa shape index (κ1) is 22.9. The van der Waals surface area contributed by atoms with Crippen molar-refractivity contribution >= 4 is 15.9 Å². The van der Waals surface area contributed by atoms with Crippen molar-refractivity contribution in [2.24, 2.45) is 0 Å². The summed E-state index contributed by atoms with van der Waals surface area (Å²) in [6.45, 7) is 0. The zero-order valence-corrected chi connectivity index (χ0v) is 21.2. The Bertz CT molecular complexity index is 1250. The summed E-state index contributed by atoms with van der Waals surface area (Å²) in [5, 5.41) is 0. The maximum Gasteiger partial charge on any atom is 0.128 e. The van der Waals surface area contributed by atoms with Crippen LogP contribution in [0.15, 0.2) is 95.5 Å². The summed E-state index contributed by atoms with van der Waals surface area (Å²) in [5.41, 5.74) is 8.74. The van der Waals surface area contributed by atoms with Gasteiger partial charge in [0.05, 0.1) is 0 Å². The molecule has 0 radical (unpaired) electrons. The molecule has 2 heteroatoms. The lowest BCUT2D eigenvalue weighted by atomic mass is 9.86. The van der Waals surface area contributed by atoms with E-state index in [2.05, 4.69) is 70.5 Å². The molecular weight excluding hydrogens is 480 g/mol. The van der Waals surface area contributed by atoms with E-state index in [1.54, 1.807) is 11.1 Å². The third-order valence-corrected chi connectivity index (χ3v) is 7.60. The number of benzene rings is 4. The topological polar surface area (TPSA) is 9.23 Å². The van der Waals surface area contributed by atoms with Crippen molar-refractivity contribution in [2.75, 3.05) is 0 Å². The molecule has 0 spiro atoms. The molecule has 34 heavy (non-hydrogen) atoms. The van der Waals surface area contributed by atoms with Gasteiger partial charge in [-0.2, -0.15) is 0 Å². The van der Waals surface area contributed by atoms with E-state index >= 15 is 0 Å². The van der Waals surface area contributed by atoms with Crippen LogP contribution in [-0.2, 0) is 25.7 Å². The molecule has 0 amide bonds. The van der Waals surface area contributed by atoms with Crippen molar-refractivity contribution in [3.05, 3.63) is 118 Å². The maximum atomic E-state index is 5.98. The van der Waals surface area contributed by atoms with Crippen molar-refractivity contribution in [1.29, 1.82) is 0 Å². The van der Waals surface area contributed by atoms with Crippen LogP contribution in [0.25, 0.3) is 11.1 Å². The summed E-state index contributed by atoms with van der Waals surface area (Å²) < 4.78 is 7.29. The van der Waals surface area contributed by atoms with E-state index in [0.717, 1.165) is 11.5 Å². The lowest BCUT2D eigenvalue weighted by Crippen LogP contribution is -2.04. The molecule has 0 aliphatic heterocycles. The van der Waals surface area contributed by atoms with Gasteiger partial charge < -0.3 is 4.74 Å². The largest absolute Gasteiger partial charge is 0.457 e. The Morgan fingerprint density at radius 2 is 1.15 bits per heavy atom. The fourth-order valence-corrected chi connectivity index (χ4v) is 5.74. The molecule has 0 N–H and O–H groups in total. The number of hydrogen-bond acceptors (Lipinski definition) is 1. The van der Waals surface area contributed by atoms with Gasteiger partial charge in [0.15, 0.2) is 0 Å². The molecule has 4 aromatic rings. The van der Waals surface area contributed by atoms with Gasteiger partial charge in [-0.15, -0.1) is 0 Å². The first-order valence-electron chi connectivity index (χ1n) is 12.5. The predicted octanol–water partition coefficient (Wildman–Crippen LogP) is 9.35. The van der Waals surface area contributed by atoms with Crippen LogP contribution >= 0.6 is 15.9 Å².